The highest BCUT2D eigenvalue weighted by molar-refractivity contribution is 5.30. The number of aryl methyl sites for hydroxylation is 1. The lowest BCUT2D eigenvalue weighted by Crippen LogP contribution is -2.23. The topological polar surface area (TPSA) is 34.2 Å². The lowest BCUT2D eigenvalue weighted by Gasteiger charge is -2.18. The zero-order valence-corrected chi connectivity index (χ0v) is 13.1. The Morgan fingerprint density at radius 3 is 2.43 bits per heavy atom. The van der Waals surface area contributed by atoms with Crippen LogP contribution in [0.15, 0.2) is 42.6 Å². The molecule has 0 spiro atoms. The average Bonchev–Trinajstić information content (AvgIpc) is 2.50. The van der Waals surface area contributed by atoms with Gasteiger partial charge >= 0.3 is 0 Å². The van der Waals surface area contributed by atoms with Crippen LogP contribution in [0.2, 0.25) is 0 Å². The Kier molecular flexibility index (Phi) is 5.76. The number of hydrogen-bond acceptors (Lipinski definition) is 3. The highest BCUT2D eigenvalue weighted by Gasteiger charge is 2.12. The molecule has 3 nitrogen and oxygen atoms in total. The van der Waals surface area contributed by atoms with E-state index >= 15 is 0 Å². The summed E-state index contributed by atoms with van der Waals surface area (Å²) in [5.74, 6) is 0.921. The zero-order chi connectivity index (χ0) is 15.1. The van der Waals surface area contributed by atoms with Crippen LogP contribution >= 0.6 is 0 Å². The second-order valence-electron chi connectivity index (χ2n) is 5.14. The minimum Gasteiger partial charge on any atom is -0.494 e. The second-order valence-corrected chi connectivity index (χ2v) is 5.14. The molecule has 2 rings (SSSR count). The van der Waals surface area contributed by atoms with Gasteiger partial charge in [-0.15, -0.1) is 0 Å². The van der Waals surface area contributed by atoms with E-state index in [2.05, 4.69) is 48.4 Å². The van der Waals surface area contributed by atoms with Crippen molar-refractivity contribution in [1.29, 1.82) is 0 Å². The number of benzene rings is 1. The normalized spacial score (nSPS) is 12.1. The first kappa shape index (κ1) is 15.5. The summed E-state index contributed by atoms with van der Waals surface area (Å²) in [6, 6.07) is 12.8. The van der Waals surface area contributed by atoms with Gasteiger partial charge < -0.3 is 10.1 Å². The van der Waals surface area contributed by atoms with Gasteiger partial charge in [0, 0.05) is 24.4 Å². The molecule has 0 saturated carbocycles. The molecular formula is C18H24N2O. The summed E-state index contributed by atoms with van der Waals surface area (Å²) in [6.07, 6.45) is 2.82. The highest BCUT2D eigenvalue weighted by Crippen LogP contribution is 2.21. The number of nitrogens with one attached hydrogen (secondary N) is 1. The van der Waals surface area contributed by atoms with Gasteiger partial charge in [-0.25, -0.2) is 0 Å². The Balaban J connectivity index is 2.12. The molecule has 0 amide bonds. The summed E-state index contributed by atoms with van der Waals surface area (Å²) >= 11 is 0. The Morgan fingerprint density at radius 1 is 1.10 bits per heavy atom. The lowest BCUT2D eigenvalue weighted by atomic mass is 10.0. The molecule has 0 radical (unpaired) electrons. The van der Waals surface area contributed by atoms with Crippen LogP contribution in [0.5, 0.6) is 5.75 Å². The summed E-state index contributed by atoms with van der Waals surface area (Å²) < 4.78 is 5.50. The van der Waals surface area contributed by atoms with Gasteiger partial charge in [0.15, 0.2) is 0 Å². The smallest absolute Gasteiger partial charge is 0.119 e. The summed E-state index contributed by atoms with van der Waals surface area (Å²) in [6.45, 7) is 7.82. The van der Waals surface area contributed by atoms with E-state index in [9.17, 15) is 0 Å². The summed E-state index contributed by atoms with van der Waals surface area (Å²) in [7, 11) is 0. The van der Waals surface area contributed by atoms with Gasteiger partial charge in [-0.1, -0.05) is 25.1 Å². The van der Waals surface area contributed by atoms with Crippen molar-refractivity contribution in [3.8, 4) is 5.75 Å². The minimum atomic E-state index is 0.279. The molecular weight excluding hydrogens is 260 g/mol. The largest absolute Gasteiger partial charge is 0.494 e. The van der Waals surface area contributed by atoms with Crippen molar-refractivity contribution in [3.05, 3.63) is 59.4 Å². The number of pyridine rings is 1. The van der Waals surface area contributed by atoms with E-state index in [1.807, 2.05) is 25.3 Å². The number of ether oxygens (including phenoxy) is 1. The molecule has 1 aromatic heterocycles. The summed E-state index contributed by atoms with van der Waals surface area (Å²) in [5, 5.41) is 3.53. The molecule has 2 aromatic rings. The molecule has 0 saturated heterocycles. The van der Waals surface area contributed by atoms with Crippen LogP contribution in [0.25, 0.3) is 0 Å². The maximum atomic E-state index is 5.50. The summed E-state index contributed by atoms with van der Waals surface area (Å²) in [5.41, 5.74) is 3.57. The van der Waals surface area contributed by atoms with Crippen LogP contribution in [-0.4, -0.2) is 18.1 Å². The predicted molar refractivity (Wildman–Crippen MR) is 86.7 cm³/mol. The SMILES string of the molecule is CCNC(Cc1ccc(C)cn1)c1ccc(OCC)cc1. The first-order valence-electron chi connectivity index (χ1n) is 7.60. The maximum absolute atomic E-state index is 5.50. The van der Waals surface area contributed by atoms with E-state index in [0.29, 0.717) is 6.61 Å². The van der Waals surface area contributed by atoms with Crippen molar-refractivity contribution in [3.63, 3.8) is 0 Å². The Bertz CT molecular complexity index is 534. The third-order valence-corrected chi connectivity index (χ3v) is 3.43. The van der Waals surface area contributed by atoms with Gasteiger partial charge in [0.05, 0.1) is 6.61 Å². The highest BCUT2D eigenvalue weighted by atomic mass is 16.5. The third-order valence-electron chi connectivity index (χ3n) is 3.43. The molecule has 1 atom stereocenters. The fraction of sp³-hybridized carbons (Fsp3) is 0.389. The van der Waals surface area contributed by atoms with Gasteiger partial charge in [-0.05, 0) is 49.7 Å². The van der Waals surface area contributed by atoms with Gasteiger partial charge in [0.25, 0.3) is 0 Å². The van der Waals surface area contributed by atoms with E-state index in [1.165, 1.54) is 11.1 Å². The molecule has 0 fully saturated rings. The van der Waals surface area contributed by atoms with E-state index in [4.69, 9.17) is 4.74 Å². The first-order valence-corrected chi connectivity index (χ1v) is 7.60. The third kappa shape index (κ3) is 4.57. The Labute approximate surface area is 127 Å². The van der Waals surface area contributed by atoms with Crippen LogP contribution in [-0.2, 0) is 6.42 Å². The molecule has 21 heavy (non-hydrogen) atoms. The first-order chi connectivity index (χ1) is 10.2. The number of rotatable bonds is 7. The van der Waals surface area contributed by atoms with Crippen molar-refractivity contribution >= 4 is 0 Å². The average molecular weight is 284 g/mol. The molecule has 112 valence electrons. The van der Waals surface area contributed by atoms with Crippen molar-refractivity contribution in [2.45, 2.75) is 33.2 Å². The number of nitrogens with zero attached hydrogens (tertiary/aromatic N) is 1. The van der Waals surface area contributed by atoms with E-state index in [-0.39, 0.29) is 6.04 Å². The molecule has 0 aliphatic carbocycles. The molecule has 0 aliphatic heterocycles. The van der Waals surface area contributed by atoms with Gasteiger partial charge in [-0.3, -0.25) is 4.98 Å². The number of aromatic nitrogens is 1. The molecule has 0 bridgehead atoms. The van der Waals surface area contributed by atoms with Crippen molar-refractivity contribution in [1.82, 2.24) is 10.3 Å². The van der Waals surface area contributed by atoms with Crippen LogP contribution in [0.1, 0.15) is 36.7 Å². The van der Waals surface area contributed by atoms with Crippen LogP contribution < -0.4 is 10.1 Å². The molecule has 0 aliphatic rings. The van der Waals surface area contributed by atoms with Gasteiger partial charge in [0.2, 0.25) is 0 Å². The minimum absolute atomic E-state index is 0.279. The number of likely N-dealkylation sites (N-methyl/N-ethyl adjacent to an activating group) is 1. The lowest BCUT2D eigenvalue weighted by molar-refractivity contribution is 0.340. The molecule has 1 N–H and O–H groups in total. The van der Waals surface area contributed by atoms with Crippen molar-refractivity contribution < 1.29 is 4.74 Å². The van der Waals surface area contributed by atoms with Crippen molar-refractivity contribution in [2.24, 2.45) is 0 Å². The fourth-order valence-electron chi connectivity index (χ4n) is 2.35. The van der Waals surface area contributed by atoms with E-state index < -0.39 is 0 Å². The predicted octanol–water partition coefficient (Wildman–Crippen LogP) is 3.68. The fourth-order valence-corrected chi connectivity index (χ4v) is 2.35. The van der Waals surface area contributed by atoms with Crippen LogP contribution in [0.4, 0.5) is 0 Å². The molecule has 1 aromatic carbocycles. The zero-order valence-electron chi connectivity index (χ0n) is 13.1. The standard InChI is InChI=1S/C18H24N2O/c1-4-19-18(12-16-9-6-14(3)13-20-16)15-7-10-17(11-8-15)21-5-2/h6-11,13,18-19H,4-5,12H2,1-3H3. The van der Waals surface area contributed by atoms with Crippen molar-refractivity contribution in [2.75, 3.05) is 13.2 Å². The molecule has 1 unspecified atom stereocenters. The van der Waals surface area contributed by atoms with E-state index in [1.54, 1.807) is 0 Å². The van der Waals surface area contributed by atoms with Gasteiger partial charge in [-0.2, -0.15) is 0 Å². The van der Waals surface area contributed by atoms with Crippen LogP contribution in [0, 0.1) is 6.92 Å². The maximum Gasteiger partial charge on any atom is 0.119 e. The number of hydrogen-bond donors (Lipinski definition) is 1. The van der Waals surface area contributed by atoms with E-state index in [0.717, 1.165) is 24.4 Å². The molecule has 3 heteroatoms. The quantitative estimate of drug-likeness (QED) is 0.842. The molecule has 1 heterocycles. The monoisotopic (exact) mass is 284 g/mol. The van der Waals surface area contributed by atoms with Gasteiger partial charge in [0.1, 0.15) is 5.75 Å². The Hall–Kier alpha value is -1.87. The summed E-state index contributed by atoms with van der Waals surface area (Å²) in [4.78, 5) is 4.51. The van der Waals surface area contributed by atoms with Crippen LogP contribution in [0.3, 0.4) is 0 Å². The second kappa shape index (κ2) is 7.79. The Morgan fingerprint density at radius 2 is 1.86 bits per heavy atom.